The highest BCUT2D eigenvalue weighted by Crippen LogP contribution is 2.18. The molecule has 0 radical (unpaired) electrons. The fourth-order valence-corrected chi connectivity index (χ4v) is 2.43. The molecule has 100 valence electrons. The SMILES string of the molecule is CCCC(N)CC(=O)NC1CCCCCC1O. The van der Waals surface area contributed by atoms with Crippen molar-refractivity contribution < 1.29 is 9.90 Å². The molecule has 0 spiro atoms. The number of hydrogen-bond acceptors (Lipinski definition) is 3. The van der Waals surface area contributed by atoms with Gasteiger partial charge in [0.25, 0.3) is 0 Å². The lowest BCUT2D eigenvalue weighted by atomic mass is 10.0. The first-order chi connectivity index (χ1) is 8.13. The molecule has 0 aromatic rings. The Morgan fingerprint density at radius 1 is 1.41 bits per heavy atom. The zero-order chi connectivity index (χ0) is 12.7. The zero-order valence-corrected chi connectivity index (χ0v) is 10.8. The van der Waals surface area contributed by atoms with Gasteiger partial charge in [0.2, 0.25) is 5.91 Å². The molecular formula is C13H26N2O2. The van der Waals surface area contributed by atoms with Gasteiger partial charge >= 0.3 is 0 Å². The first-order valence-corrected chi connectivity index (χ1v) is 6.86. The smallest absolute Gasteiger partial charge is 0.221 e. The second-order valence-corrected chi connectivity index (χ2v) is 5.13. The first kappa shape index (κ1) is 14.5. The number of nitrogens with one attached hydrogen (secondary N) is 1. The van der Waals surface area contributed by atoms with Crippen molar-refractivity contribution in [2.24, 2.45) is 5.73 Å². The second-order valence-electron chi connectivity index (χ2n) is 5.13. The van der Waals surface area contributed by atoms with E-state index in [1.54, 1.807) is 0 Å². The molecule has 0 aromatic heterocycles. The van der Waals surface area contributed by atoms with E-state index in [9.17, 15) is 9.90 Å². The fraction of sp³-hybridized carbons (Fsp3) is 0.923. The summed E-state index contributed by atoms with van der Waals surface area (Å²) < 4.78 is 0. The second kappa shape index (κ2) is 7.67. The molecule has 1 saturated carbocycles. The molecule has 1 amide bonds. The van der Waals surface area contributed by atoms with Gasteiger partial charge in [-0.25, -0.2) is 0 Å². The van der Waals surface area contributed by atoms with Crippen LogP contribution in [0.4, 0.5) is 0 Å². The van der Waals surface area contributed by atoms with Gasteiger partial charge in [-0.2, -0.15) is 0 Å². The van der Waals surface area contributed by atoms with Crippen molar-refractivity contribution in [3.05, 3.63) is 0 Å². The van der Waals surface area contributed by atoms with E-state index < -0.39 is 0 Å². The normalized spacial score (nSPS) is 27.2. The third kappa shape index (κ3) is 5.50. The Morgan fingerprint density at radius 3 is 2.82 bits per heavy atom. The predicted molar refractivity (Wildman–Crippen MR) is 68.5 cm³/mol. The van der Waals surface area contributed by atoms with Gasteiger partial charge in [-0.15, -0.1) is 0 Å². The molecule has 4 heteroatoms. The molecule has 1 rings (SSSR count). The molecule has 1 fully saturated rings. The topological polar surface area (TPSA) is 75.4 Å². The Kier molecular flexibility index (Phi) is 6.52. The van der Waals surface area contributed by atoms with Gasteiger partial charge in [0, 0.05) is 12.5 Å². The molecular weight excluding hydrogens is 216 g/mol. The van der Waals surface area contributed by atoms with E-state index in [2.05, 4.69) is 12.2 Å². The maximum Gasteiger partial charge on any atom is 0.221 e. The molecule has 0 heterocycles. The summed E-state index contributed by atoms with van der Waals surface area (Å²) in [4.78, 5) is 11.8. The Balaban J connectivity index is 2.33. The van der Waals surface area contributed by atoms with Gasteiger partial charge in [-0.3, -0.25) is 4.79 Å². The van der Waals surface area contributed by atoms with Crippen LogP contribution in [0.2, 0.25) is 0 Å². The van der Waals surface area contributed by atoms with Crippen molar-refractivity contribution in [3.63, 3.8) is 0 Å². The molecule has 0 aromatic carbocycles. The van der Waals surface area contributed by atoms with Gasteiger partial charge in [-0.1, -0.05) is 32.6 Å². The molecule has 4 N–H and O–H groups in total. The molecule has 17 heavy (non-hydrogen) atoms. The maximum absolute atomic E-state index is 11.8. The third-order valence-electron chi connectivity index (χ3n) is 3.43. The summed E-state index contributed by atoms with van der Waals surface area (Å²) in [7, 11) is 0. The van der Waals surface area contributed by atoms with Gasteiger partial charge in [0.15, 0.2) is 0 Å². The van der Waals surface area contributed by atoms with Crippen LogP contribution >= 0.6 is 0 Å². The van der Waals surface area contributed by atoms with Gasteiger partial charge in [-0.05, 0) is 19.3 Å². The fourth-order valence-electron chi connectivity index (χ4n) is 2.43. The first-order valence-electron chi connectivity index (χ1n) is 6.86. The summed E-state index contributed by atoms with van der Waals surface area (Å²) in [5.74, 6) is -0.0168. The highest BCUT2D eigenvalue weighted by Gasteiger charge is 2.23. The van der Waals surface area contributed by atoms with E-state index in [0.717, 1.165) is 44.9 Å². The van der Waals surface area contributed by atoms with Crippen LogP contribution in [-0.4, -0.2) is 29.2 Å². The largest absolute Gasteiger partial charge is 0.391 e. The lowest BCUT2D eigenvalue weighted by Gasteiger charge is -2.22. The van der Waals surface area contributed by atoms with Crippen molar-refractivity contribution >= 4 is 5.91 Å². The van der Waals surface area contributed by atoms with Crippen LogP contribution in [0.15, 0.2) is 0 Å². The van der Waals surface area contributed by atoms with Gasteiger partial charge in [0.05, 0.1) is 12.1 Å². The monoisotopic (exact) mass is 242 g/mol. The van der Waals surface area contributed by atoms with E-state index in [0.29, 0.717) is 6.42 Å². The number of rotatable bonds is 5. The Hall–Kier alpha value is -0.610. The van der Waals surface area contributed by atoms with Gasteiger partial charge in [0.1, 0.15) is 0 Å². The van der Waals surface area contributed by atoms with E-state index in [1.807, 2.05) is 0 Å². The predicted octanol–water partition coefficient (Wildman–Crippen LogP) is 1.31. The Bertz CT molecular complexity index is 233. The number of hydrogen-bond donors (Lipinski definition) is 3. The Morgan fingerprint density at radius 2 is 2.12 bits per heavy atom. The molecule has 3 atom stereocenters. The van der Waals surface area contributed by atoms with Crippen LogP contribution < -0.4 is 11.1 Å². The van der Waals surface area contributed by atoms with Crippen LogP contribution in [0, 0.1) is 0 Å². The van der Waals surface area contributed by atoms with Crippen LogP contribution in [0.3, 0.4) is 0 Å². The summed E-state index contributed by atoms with van der Waals surface area (Å²) in [6.07, 6.45) is 6.84. The van der Waals surface area contributed by atoms with Crippen molar-refractivity contribution in [2.75, 3.05) is 0 Å². The standard InChI is InChI=1S/C13H26N2O2/c1-2-6-10(14)9-13(17)15-11-7-4-3-5-8-12(11)16/h10-12,16H,2-9,14H2,1H3,(H,15,17). The van der Waals surface area contributed by atoms with Crippen LogP contribution in [-0.2, 0) is 4.79 Å². The third-order valence-corrected chi connectivity index (χ3v) is 3.43. The highest BCUT2D eigenvalue weighted by atomic mass is 16.3. The number of nitrogens with two attached hydrogens (primary N) is 1. The quantitative estimate of drug-likeness (QED) is 0.636. The number of amides is 1. The summed E-state index contributed by atoms with van der Waals surface area (Å²) in [5.41, 5.74) is 5.83. The van der Waals surface area contributed by atoms with E-state index in [1.165, 1.54) is 0 Å². The van der Waals surface area contributed by atoms with E-state index >= 15 is 0 Å². The highest BCUT2D eigenvalue weighted by molar-refractivity contribution is 5.76. The summed E-state index contributed by atoms with van der Waals surface area (Å²) >= 11 is 0. The van der Waals surface area contributed by atoms with Crippen LogP contribution in [0.25, 0.3) is 0 Å². The summed E-state index contributed by atoms with van der Waals surface area (Å²) in [6, 6.07) is -0.123. The lowest BCUT2D eigenvalue weighted by molar-refractivity contribution is -0.123. The average Bonchev–Trinajstić information content (AvgIpc) is 2.44. The van der Waals surface area contributed by atoms with Crippen LogP contribution in [0.5, 0.6) is 0 Å². The summed E-state index contributed by atoms with van der Waals surface area (Å²) in [5, 5.41) is 12.8. The number of carbonyl (C=O) groups excluding carboxylic acids is 1. The van der Waals surface area contributed by atoms with Crippen LogP contribution in [0.1, 0.15) is 58.3 Å². The zero-order valence-electron chi connectivity index (χ0n) is 10.8. The number of carbonyl (C=O) groups is 1. The van der Waals surface area contributed by atoms with Gasteiger partial charge < -0.3 is 16.2 Å². The van der Waals surface area contributed by atoms with E-state index in [-0.39, 0.29) is 24.1 Å². The molecule has 0 aliphatic heterocycles. The molecule has 4 nitrogen and oxygen atoms in total. The molecule has 3 unspecified atom stereocenters. The molecule has 1 aliphatic rings. The number of aliphatic hydroxyl groups is 1. The van der Waals surface area contributed by atoms with Crippen molar-refractivity contribution in [1.29, 1.82) is 0 Å². The summed E-state index contributed by atoms with van der Waals surface area (Å²) in [6.45, 7) is 2.06. The van der Waals surface area contributed by atoms with Crippen molar-refractivity contribution in [1.82, 2.24) is 5.32 Å². The minimum atomic E-state index is -0.385. The van der Waals surface area contributed by atoms with E-state index in [4.69, 9.17) is 5.73 Å². The van der Waals surface area contributed by atoms with Crippen molar-refractivity contribution in [2.45, 2.75) is 76.5 Å². The molecule has 1 aliphatic carbocycles. The molecule has 0 bridgehead atoms. The lowest BCUT2D eigenvalue weighted by Crippen LogP contribution is -2.44. The average molecular weight is 242 g/mol. The number of aliphatic hydroxyl groups excluding tert-OH is 1. The minimum absolute atomic E-state index is 0.0168. The maximum atomic E-state index is 11.8. The Labute approximate surface area is 104 Å². The molecule has 0 saturated heterocycles. The minimum Gasteiger partial charge on any atom is -0.391 e. The van der Waals surface area contributed by atoms with Crippen molar-refractivity contribution in [3.8, 4) is 0 Å².